The number of benzene rings is 1. The SMILES string of the molecule is C=N/N=C(\OCC(F)F)c1ccc(CN(c2ccc(F)c(Cl)c2)S(=O)N2CCN(C(C)C)CC2)nc1. The van der Waals surface area contributed by atoms with Crippen molar-refractivity contribution < 1.29 is 22.1 Å². The first-order chi connectivity index (χ1) is 17.2. The van der Waals surface area contributed by atoms with Gasteiger partial charge < -0.3 is 4.74 Å². The van der Waals surface area contributed by atoms with Crippen molar-refractivity contribution >= 4 is 41.1 Å². The minimum Gasteiger partial charge on any atom is -0.470 e. The molecule has 1 aromatic carbocycles. The third-order valence-electron chi connectivity index (χ3n) is 5.49. The number of hydrogen-bond donors (Lipinski definition) is 0. The molecule has 2 aromatic rings. The Bertz CT molecular complexity index is 1080. The van der Waals surface area contributed by atoms with Crippen molar-refractivity contribution in [2.75, 3.05) is 37.1 Å². The van der Waals surface area contributed by atoms with Crippen molar-refractivity contribution in [3.8, 4) is 0 Å². The minimum atomic E-state index is -2.68. The summed E-state index contributed by atoms with van der Waals surface area (Å²) in [7, 11) is 0. The number of ether oxygens (including phenoxy) is 1. The Morgan fingerprint density at radius 1 is 1.25 bits per heavy atom. The van der Waals surface area contributed by atoms with Gasteiger partial charge in [-0.05, 0) is 44.2 Å². The molecule has 0 bridgehead atoms. The molecule has 1 atom stereocenters. The summed E-state index contributed by atoms with van der Waals surface area (Å²) >= 11 is 4.41. The van der Waals surface area contributed by atoms with Gasteiger partial charge in [-0.25, -0.2) is 21.7 Å². The Balaban J connectivity index is 1.82. The smallest absolute Gasteiger partial charge is 0.272 e. The Morgan fingerprint density at radius 2 is 1.97 bits per heavy atom. The van der Waals surface area contributed by atoms with Crippen molar-refractivity contribution in [2.24, 2.45) is 10.2 Å². The van der Waals surface area contributed by atoms with Crippen molar-refractivity contribution in [1.82, 2.24) is 14.2 Å². The number of anilines is 1. The number of aromatic nitrogens is 1. The number of piperazine rings is 1. The molecule has 196 valence electrons. The highest BCUT2D eigenvalue weighted by Crippen LogP contribution is 2.26. The normalized spacial score (nSPS) is 16.4. The molecule has 13 heteroatoms. The van der Waals surface area contributed by atoms with Gasteiger partial charge >= 0.3 is 0 Å². The molecule has 1 saturated heterocycles. The summed E-state index contributed by atoms with van der Waals surface area (Å²) in [6.07, 6.45) is -1.29. The van der Waals surface area contributed by atoms with Crippen LogP contribution in [0.3, 0.4) is 0 Å². The maximum absolute atomic E-state index is 13.8. The van der Waals surface area contributed by atoms with E-state index in [0.29, 0.717) is 36.1 Å². The standard InChI is InChI=1S/C23H28ClF3N6O2S/c1-16(2)31-8-10-32(11-9-31)36(34)33(19-6-7-21(25)20(24)12-19)14-18-5-4-17(13-29-18)23(30-28-3)35-15-22(26)27/h4-7,12-13,16,22H,3,8-11,14-15H2,1-2H3/b30-23-. The van der Waals surface area contributed by atoms with E-state index in [1.54, 1.807) is 16.4 Å². The van der Waals surface area contributed by atoms with Gasteiger partial charge in [0, 0.05) is 45.1 Å². The van der Waals surface area contributed by atoms with E-state index in [2.05, 4.69) is 40.7 Å². The largest absolute Gasteiger partial charge is 0.470 e. The highest BCUT2D eigenvalue weighted by Gasteiger charge is 2.27. The summed E-state index contributed by atoms with van der Waals surface area (Å²) in [4.78, 5) is 6.66. The number of rotatable bonds is 10. The van der Waals surface area contributed by atoms with E-state index < -0.39 is 30.0 Å². The van der Waals surface area contributed by atoms with Crippen LogP contribution < -0.4 is 4.31 Å². The number of halogens is 4. The quantitative estimate of drug-likeness (QED) is 0.256. The summed E-state index contributed by atoms with van der Waals surface area (Å²) in [6.45, 7) is 9.46. The Morgan fingerprint density at radius 3 is 2.53 bits per heavy atom. The van der Waals surface area contributed by atoms with Gasteiger partial charge in [-0.1, -0.05) is 11.6 Å². The molecule has 0 N–H and O–H groups in total. The first-order valence-electron chi connectivity index (χ1n) is 11.2. The van der Waals surface area contributed by atoms with Crippen LogP contribution in [0.25, 0.3) is 0 Å². The molecule has 1 aliphatic rings. The van der Waals surface area contributed by atoms with Gasteiger partial charge in [0.1, 0.15) is 5.82 Å². The predicted molar refractivity (Wildman–Crippen MR) is 136 cm³/mol. The fraction of sp³-hybridized carbons (Fsp3) is 0.435. The van der Waals surface area contributed by atoms with Crippen LogP contribution in [0.1, 0.15) is 25.1 Å². The van der Waals surface area contributed by atoms with E-state index in [1.165, 1.54) is 24.4 Å². The molecule has 1 fully saturated rings. The molecule has 0 radical (unpaired) electrons. The van der Waals surface area contributed by atoms with E-state index in [9.17, 15) is 17.4 Å². The van der Waals surface area contributed by atoms with Crippen molar-refractivity contribution in [2.45, 2.75) is 32.9 Å². The molecule has 1 aliphatic heterocycles. The maximum atomic E-state index is 13.8. The average Bonchev–Trinajstić information content (AvgIpc) is 2.87. The van der Waals surface area contributed by atoms with Gasteiger partial charge in [-0.2, -0.15) is 5.10 Å². The third kappa shape index (κ3) is 7.48. The van der Waals surface area contributed by atoms with Crippen LogP contribution in [0, 0.1) is 5.82 Å². The van der Waals surface area contributed by atoms with Crippen LogP contribution in [0.2, 0.25) is 5.02 Å². The lowest BCUT2D eigenvalue weighted by molar-refractivity contribution is 0.0765. The molecule has 1 unspecified atom stereocenters. The second-order valence-corrected chi connectivity index (χ2v) is 10.0. The van der Waals surface area contributed by atoms with Gasteiger partial charge in [0.05, 0.1) is 28.5 Å². The summed E-state index contributed by atoms with van der Waals surface area (Å²) in [5, 5.41) is 6.91. The zero-order valence-electron chi connectivity index (χ0n) is 20.0. The Labute approximate surface area is 216 Å². The number of pyridine rings is 1. The van der Waals surface area contributed by atoms with Crippen LogP contribution in [0.5, 0.6) is 0 Å². The van der Waals surface area contributed by atoms with Crippen LogP contribution in [0.4, 0.5) is 18.9 Å². The van der Waals surface area contributed by atoms with E-state index in [4.69, 9.17) is 16.3 Å². The second kappa shape index (κ2) is 13.1. The van der Waals surface area contributed by atoms with Crippen LogP contribution in [-0.2, 0) is 22.5 Å². The van der Waals surface area contributed by atoms with Crippen molar-refractivity contribution in [3.05, 3.63) is 58.6 Å². The number of alkyl halides is 2. The molecule has 0 saturated carbocycles. The summed E-state index contributed by atoms with van der Waals surface area (Å²) in [5.74, 6) is -0.719. The zero-order chi connectivity index (χ0) is 26.2. The number of nitrogens with zero attached hydrogens (tertiary/aromatic N) is 6. The van der Waals surface area contributed by atoms with Crippen LogP contribution >= 0.6 is 11.6 Å². The van der Waals surface area contributed by atoms with Gasteiger partial charge in [0.2, 0.25) is 5.90 Å². The highest BCUT2D eigenvalue weighted by atomic mass is 35.5. The summed E-state index contributed by atoms with van der Waals surface area (Å²) in [6, 6.07) is 7.76. The van der Waals surface area contributed by atoms with E-state index >= 15 is 0 Å². The second-order valence-electron chi connectivity index (χ2n) is 8.21. The zero-order valence-corrected chi connectivity index (χ0v) is 21.6. The van der Waals surface area contributed by atoms with Crippen LogP contribution in [0.15, 0.2) is 46.7 Å². The topological polar surface area (TPSA) is 73.6 Å². The molecule has 0 aliphatic carbocycles. The molecule has 0 spiro atoms. The van der Waals surface area contributed by atoms with Gasteiger partial charge in [0.15, 0.2) is 17.8 Å². The van der Waals surface area contributed by atoms with Crippen LogP contribution in [-0.4, -0.2) is 76.3 Å². The highest BCUT2D eigenvalue weighted by molar-refractivity contribution is 7.84. The molecule has 8 nitrogen and oxygen atoms in total. The summed E-state index contributed by atoms with van der Waals surface area (Å²) in [5.41, 5.74) is 1.32. The first-order valence-corrected chi connectivity index (χ1v) is 12.7. The van der Waals surface area contributed by atoms with Gasteiger partial charge in [-0.15, -0.1) is 5.10 Å². The molecular formula is C23H28ClF3N6O2S. The maximum Gasteiger partial charge on any atom is 0.272 e. The van der Waals surface area contributed by atoms with Gasteiger partial charge in [-0.3, -0.25) is 14.2 Å². The van der Waals surface area contributed by atoms with Crippen molar-refractivity contribution in [1.29, 1.82) is 0 Å². The predicted octanol–water partition coefficient (Wildman–Crippen LogP) is 4.13. The average molecular weight is 545 g/mol. The lowest BCUT2D eigenvalue weighted by Crippen LogP contribution is -2.52. The Kier molecular flexibility index (Phi) is 10.2. The summed E-state index contributed by atoms with van der Waals surface area (Å²) < 4.78 is 61.0. The fourth-order valence-corrected chi connectivity index (χ4v) is 5.03. The van der Waals surface area contributed by atoms with E-state index in [0.717, 1.165) is 13.1 Å². The fourth-order valence-electron chi connectivity index (χ4n) is 3.56. The minimum absolute atomic E-state index is 0.0867. The third-order valence-corrected chi connectivity index (χ3v) is 7.30. The molecule has 0 amide bonds. The van der Waals surface area contributed by atoms with E-state index in [-0.39, 0.29) is 17.5 Å². The molecule has 3 rings (SSSR count). The molecular weight excluding hydrogens is 517 g/mol. The lowest BCUT2D eigenvalue weighted by atomic mass is 10.2. The number of hydrogen-bond acceptors (Lipinski definition) is 6. The Hall–Kier alpha value is -2.54. The molecule has 1 aromatic heterocycles. The molecule has 36 heavy (non-hydrogen) atoms. The lowest BCUT2D eigenvalue weighted by Gasteiger charge is -2.38. The molecule has 2 heterocycles. The monoisotopic (exact) mass is 544 g/mol. The van der Waals surface area contributed by atoms with E-state index in [1.807, 2.05) is 4.31 Å². The first kappa shape index (κ1) is 28.0. The van der Waals surface area contributed by atoms with Gasteiger partial charge in [0.25, 0.3) is 6.43 Å². The van der Waals surface area contributed by atoms with Crippen molar-refractivity contribution in [3.63, 3.8) is 0 Å².